The molecule has 0 amide bonds. The number of rotatable bonds is 60. The second-order valence-corrected chi connectivity index (χ2v) is 22.0. The average Bonchev–Trinajstić information content (AvgIpc) is 3.46. The standard InChI is InChI=1S/C74H124O6/c1-4-7-10-13-16-19-22-25-28-30-31-32-33-34-35-36-37-38-39-40-41-42-43-44-47-49-52-55-58-61-64-67-73(76)79-70-71(69-78-72(75)66-63-60-57-54-51-48-45-27-24-21-18-15-12-9-6-3)80-74(77)68-65-62-59-56-53-50-46-29-26-23-20-17-14-11-8-5-2/h7,10,16,19-20,23,25,27-29,31-32,34-35,37-38,40-41,45-46,71H,4-6,8-9,11-15,17-18,21-22,24,26,30,33,36,39,42-44,47-70H2,1-3H3/b10-7-,19-16-,23-20-,28-25-,32-31-,35-34-,38-37-,41-40-,45-27-,46-29-. The van der Waals surface area contributed by atoms with Crippen LogP contribution in [0.2, 0.25) is 0 Å². The van der Waals surface area contributed by atoms with Gasteiger partial charge in [0.1, 0.15) is 13.2 Å². The van der Waals surface area contributed by atoms with Gasteiger partial charge in [-0.2, -0.15) is 0 Å². The largest absolute Gasteiger partial charge is 0.462 e. The molecule has 0 saturated carbocycles. The van der Waals surface area contributed by atoms with E-state index in [-0.39, 0.29) is 31.1 Å². The van der Waals surface area contributed by atoms with Crippen molar-refractivity contribution >= 4 is 17.9 Å². The Morgan fingerprint density at radius 2 is 0.487 bits per heavy atom. The van der Waals surface area contributed by atoms with Crippen molar-refractivity contribution in [2.45, 2.75) is 316 Å². The molecule has 0 bridgehead atoms. The summed E-state index contributed by atoms with van der Waals surface area (Å²) in [4.78, 5) is 38.3. The summed E-state index contributed by atoms with van der Waals surface area (Å²) in [5.41, 5.74) is 0. The summed E-state index contributed by atoms with van der Waals surface area (Å²) in [6.07, 6.45) is 93.5. The summed E-state index contributed by atoms with van der Waals surface area (Å²) in [7, 11) is 0. The predicted octanol–water partition coefficient (Wildman–Crippen LogP) is 23.2. The van der Waals surface area contributed by atoms with Crippen molar-refractivity contribution in [3.63, 3.8) is 0 Å². The highest BCUT2D eigenvalue weighted by molar-refractivity contribution is 5.71. The van der Waals surface area contributed by atoms with E-state index in [1.54, 1.807) is 0 Å². The monoisotopic (exact) mass is 1110 g/mol. The summed E-state index contributed by atoms with van der Waals surface area (Å²) >= 11 is 0. The van der Waals surface area contributed by atoms with Gasteiger partial charge in [-0.15, -0.1) is 0 Å². The smallest absolute Gasteiger partial charge is 0.306 e. The highest BCUT2D eigenvalue weighted by Gasteiger charge is 2.19. The van der Waals surface area contributed by atoms with Crippen LogP contribution in [0.25, 0.3) is 0 Å². The Labute approximate surface area is 494 Å². The maximum Gasteiger partial charge on any atom is 0.306 e. The molecule has 0 aliphatic carbocycles. The number of esters is 3. The van der Waals surface area contributed by atoms with Gasteiger partial charge in [0.2, 0.25) is 0 Å². The molecule has 0 aliphatic heterocycles. The minimum Gasteiger partial charge on any atom is -0.462 e. The van der Waals surface area contributed by atoms with Crippen LogP contribution in [0.4, 0.5) is 0 Å². The highest BCUT2D eigenvalue weighted by Crippen LogP contribution is 2.15. The predicted molar refractivity (Wildman–Crippen MR) is 348 cm³/mol. The number of carbonyl (C=O) groups is 3. The Morgan fingerprint density at radius 1 is 0.263 bits per heavy atom. The fraction of sp³-hybridized carbons (Fsp3) is 0.689. The van der Waals surface area contributed by atoms with Crippen LogP contribution in [-0.2, 0) is 28.6 Å². The Hall–Kier alpha value is -4.19. The molecule has 1 unspecified atom stereocenters. The van der Waals surface area contributed by atoms with E-state index in [1.165, 1.54) is 128 Å². The van der Waals surface area contributed by atoms with Crippen LogP contribution in [0.1, 0.15) is 310 Å². The van der Waals surface area contributed by atoms with E-state index < -0.39 is 6.10 Å². The van der Waals surface area contributed by atoms with Crippen molar-refractivity contribution in [1.82, 2.24) is 0 Å². The maximum atomic E-state index is 12.9. The Balaban J connectivity index is 4.32. The fourth-order valence-electron chi connectivity index (χ4n) is 9.15. The van der Waals surface area contributed by atoms with Crippen molar-refractivity contribution in [1.29, 1.82) is 0 Å². The van der Waals surface area contributed by atoms with Gasteiger partial charge in [0.05, 0.1) is 0 Å². The maximum absolute atomic E-state index is 12.9. The van der Waals surface area contributed by atoms with Crippen LogP contribution in [0.5, 0.6) is 0 Å². The SMILES string of the molecule is CC/C=C\C/C=C\C/C=C\C/C=C\C/C=C\C/C=C\C/C=C\CCCCCCCCCCCC(=O)OCC(COC(=O)CCCCCCC/C=C\CCCCCCCC)OC(=O)CCCCCCC/C=C\C/C=C\CCCCCC. The van der Waals surface area contributed by atoms with Crippen molar-refractivity contribution < 1.29 is 28.6 Å². The van der Waals surface area contributed by atoms with Gasteiger partial charge in [-0.05, 0) is 135 Å². The number of unbranched alkanes of at least 4 members (excludes halogenated alkanes) is 29. The van der Waals surface area contributed by atoms with Crippen molar-refractivity contribution in [3.05, 3.63) is 122 Å². The molecule has 0 spiro atoms. The molecule has 0 radical (unpaired) electrons. The normalized spacial score (nSPS) is 12.9. The number of hydrogen-bond acceptors (Lipinski definition) is 6. The summed E-state index contributed by atoms with van der Waals surface area (Å²) < 4.78 is 16.9. The first-order chi connectivity index (χ1) is 39.5. The third-order valence-electron chi connectivity index (χ3n) is 14.2. The van der Waals surface area contributed by atoms with Crippen molar-refractivity contribution in [3.8, 4) is 0 Å². The molecule has 1 atom stereocenters. The van der Waals surface area contributed by atoms with E-state index in [2.05, 4.69) is 142 Å². The molecule has 6 nitrogen and oxygen atoms in total. The molecule has 0 aromatic rings. The van der Waals surface area contributed by atoms with Crippen LogP contribution in [0, 0.1) is 0 Å². The summed E-state index contributed by atoms with van der Waals surface area (Å²) in [5, 5.41) is 0. The van der Waals surface area contributed by atoms with E-state index in [4.69, 9.17) is 14.2 Å². The molecular weight excluding hydrogens is 985 g/mol. The van der Waals surface area contributed by atoms with Gasteiger partial charge in [0.15, 0.2) is 6.10 Å². The molecule has 80 heavy (non-hydrogen) atoms. The topological polar surface area (TPSA) is 78.9 Å². The van der Waals surface area contributed by atoms with E-state index >= 15 is 0 Å². The van der Waals surface area contributed by atoms with Gasteiger partial charge in [-0.1, -0.05) is 277 Å². The number of ether oxygens (including phenoxy) is 3. The lowest BCUT2D eigenvalue weighted by atomic mass is 10.1. The molecule has 0 N–H and O–H groups in total. The summed E-state index contributed by atoms with van der Waals surface area (Å²) in [6.45, 7) is 6.50. The molecule has 456 valence electrons. The molecule has 0 saturated heterocycles. The quantitative estimate of drug-likeness (QED) is 0.0261. The van der Waals surface area contributed by atoms with Gasteiger partial charge in [0.25, 0.3) is 0 Å². The van der Waals surface area contributed by atoms with Gasteiger partial charge in [-0.3, -0.25) is 14.4 Å². The van der Waals surface area contributed by atoms with E-state index in [1.807, 2.05) is 0 Å². The molecule has 0 fully saturated rings. The fourth-order valence-corrected chi connectivity index (χ4v) is 9.15. The number of carbonyl (C=O) groups excluding carboxylic acids is 3. The summed E-state index contributed by atoms with van der Waals surface area (Å²) in [6, 6.07) is 0. The molecule has 0 aliphatic rings. The van der Waals surface area contributed by atoms with E-state index in [0.29, 0.717) is 19.3 Å². The summed E-state index contributed by atoms with van der Waals surface area (Å²) in [5.74, 6) is -0.911. The first-order valence-electron chi connectivity index (χ1n) is 33.5. The van der Waals surface area contributed by atoms with Gasteiger partial charge in [0, 0.05) is 19.3 Å². The van der Waals surface area contributed by atoms with Crippen molar-refractivity contribution in [2.75, 3.05) is 13.2 Å². The minimum absolute atomic E-state index is 0.0903. The first-order valence-corrected chi connectivity index (χ1v) is 33.5. The zero-order valence-electron chi connectivity index (χ0n) is 52.3. The first kappa shape index (κ1) is 75.8. The van der Waals surface area contributed by atoms with Crippen LogP contribution in [0.3, 0.4) is 0 Å². The molecule has 6 heteroatoms. The van der Waals surface area contributed by atoms with Crippen LogP contribution < -0.4 is 0 Å². The molecule has 0 heterocycles. The molecule has 0 aromatic carbocycles. The van der Waals surface area contributed by atoms with E-state index in [0.717, 1.165) is 141 Å². The minimum atomic E-state index is -0.795. The zero-order valence-corrected chi connectivity index (χ0v) is 52.3. The number of allylic oxidation sites excluding steroid dienone is 20. The van der Waals surface area contributed by atoms with Gasteiger partial charge in [-0.25, -0.2) is 0 Å². The third kappa shape index (κ3) is 64.6. The second kappa shape index (κ2) is 67.3. The zero-order chi connectivity index (χ0) is 57.8. The van der Waals surface area contributed by atoms with Crippen LogP contribution in [-0.4, -0.2) is 37.2 Å². The van der Waals surface area contributed by atoms with Crippen LogP contribution >= 0.6 is 0 Å². The van der Waals surface area contributed by atoms with Crippen LogP contribution in [0.15, 0.2) is 122 Å². The average molecular weight is 1110 g/mol. The van der Waals surface area contributed by atoms with Gasteiger partial charge < -0.3 is 14.2 Å². The van der Waals surface area contributed by atoms with E-state index in [9.17, 15) is 14.4 Å². The van der Waals surface area contributed by atoms with Gasteiger partial charge >= 0.3 is 17.9 Å². The molecule has 0 aromatic heterocycles. The highest BCUT2D eigenvalue weighted by atomic mass is 16.6. The second-order valence-electron chi connectivity index (χ2n) is 22.0. The molecular formula is C74H124O6. The lowest BCUT2D eigenvalue weighted by Gasteiger charge is -2.18. The number of hydrogen-bond donors (Lipinski definition) is 0. The Morgan fingerprint density at radius 3 is 0.787 bits per heavy atom. The lowest BCUT2D eigenvalue weighted by molar-refractivity contribution is -0.167. The third-order valence-corrected chi connectivity index (χ3v) is 14.2. The lowest BCUT2D eigenvalue weighted by Crippen LogP contribution is -2.30. The molecule has 0 rings (SSSR count). The van der Waals surface area contributed by atoms with Crippen molar-refractivity contribution in [2.24, 2.45) is 0 Å². The Kier molecular flexibility index (Phi) is 63.8. The Bertz CT molecular complexity index is 1650.